The van der Waals surface area contributed by atoms with Gasteiger partial charge in [0.15, 0.2) is 17.6 Å². The Bertz CT molecular complexity index is 742. The topological polar surface area (TPSA) is 52.3 Å². The standard InChI is InChI=1S/C23H31INO4/c1-2-3-4-5-18-13-20(7-8-21(18)24)27-15-19(26)14-25-11-10-17-6-9-22-23(12-17)29-16-28-22/h6-9,12,18-21,26H,2-5,10,13-16H2,1H3/q+1. The van der Waals surface area contributed by atoms with Crippen LogP contribution in [0.15, 0.2) is 30.4 Å². The number of halogens is 1. The molecule has 0 radical (unpaired) electrons. The number of alkyl halides is 1. The Kier molecular flexibility index (Phi) is 9.09. The van der Waals surface area contributed by atoms with Gasteiger partial charge in [-0.25, -0.2) is 0 Å². The summed E-state index contributed by atoms with van der Waals surface area (Å²) < 4.78 is 17.2. The SMILES string of the molecule is CCCCCC1CC(OCC(O)C[N+]#CCc2ccc3c(c2)OCO3)C=CC1I. The second-order valence-electron chi connectivity index (χ2n) is 7.71. The van der Waals surface area contributed by atoms with Gasteiger partial charge in [0.1, 0.15) is 6.42 Å². The summed E-state index contributed by atoms with van der Waals surface area (Å²) in [5, 5.41) is 10.2. The first-order valence-electron chi connectivity index (χ1n) is 10.6. The molecule has 29 heavy (non-hydrogen) atoms. The zero-order chi connectivity index (χ0) is 20.5. The fourth-order valence-corrected chi connectivity index (χ4v) is 4.50. The van der Waals surface area contributed by atoms with Crippen LogP contribution in [0.2, 0.25) is 0 Å². The maximum Gasteiger partial charge on any atom is 0.291 e. The van der Waals surface area contributed by atoms with Gasteiger partial charge in [0.25, 0.3) is 12.6 Å². The van der Waals surface area contributed by atoms with Crippen molar-refractivity contribution in [3.63, 3.8) is 0 Å². The minimum atomic E-state index is -0.608. The van der Waals surface area contributed by atoms with Gasteiger partial charge in [-0.15, -0.1) is 0 Å². The van der Waals surface area contributed by atoms with Crippen LogP contribution >= 0.6 is 22.6 Å². The minimum Gasteiger partial charge on any atom is -0.454 e. The van der Waals surface area contributed by atoms with Crippen LogP contribution in [0.5, 0.6) is 11.5 Å². The summed E-state index contributed by atoms with van der Waals surface area (Å²) in [7, 11) is 0. The average molecular weight is 512 g/mol. The third-order valence-corrected chi connectivity index (χ3v) is 6.74. The molecular formula is C23H31INO4+. The number of aliphatic hydroxyl groups excluding tert-OH is 1. The number of benzene rings is 1. The molecule has 1 heterocycles. The number of rotatable bonds is 9. The molecule has 0 aromatic heterocycles. The van der Waals surface area contributed by atoms with E-state index >= 15 is 0 Å². The van der Waals surface area contributed by atoms with Gasteiger partial charge in [0.05, 0.1) is 12.7 Å². The van der Waals surface area contributed by atoms with Crippen molar-refractivity contribution in [2.45, 2.75) is 61.6 Å². The molecule has 1 aliphatic carbocycles. The summed E-state index contributed by atoms with van der Waals surface area (Å²) in [5.41, 5.74) is 1.05. The molecule has 0 saturated carbocycles. The quantitative estimate of drug-likeness (QED) is 0.219. The van der Waals surface area contributed by atoms with E-state index in [1.54, 1.807) is 0 Å². The van der Waals surface area contributed by atoms with Gasteiger partial charge < -0.3 is 19.3 Å². The van der Waals surface area contributed by atoms with Crippen molar-refractivity contribution < 1.29 is 19.3 Å². The number of ether oxygens (including phenoxy) is 3. The van der Waals surface area contributed by atoms with E-state index < -0.39 is 6.10 Å². The second kappa shape index (κ2) is 11.8. The van der Waals surface area contributed by atoms with Crippen molar-refractivity contribution in [3.8, 4) is 17.6 Å². The maximum atomic E-state index is 10.2. The van der Waals surface area contributed by atoms with Crippen molar-refractivity contribution in [1.82, 2.24) is 0 Å². The third-order valence-electron chi connectivity index (χ3n) is 5.31. The Balaban J connectivity index is 1.36. The highest BCUT2D eigenvalue weighted by atomic mass is 127. The summed E-state index contributed by atoms with van der Waals surface area (Å²) in [6.07, 6.45) is 10.6. The van der Waals surface area contributed by atoms with Gasteiger partial charge in [-0.2, -0.15) is 0 Å². The van der Waals surface area contributed by atoms with E-state index in [0.29, 0.717) is 29.4 Å². The smallest absolute Gasteiger partial charge is 0.291 e. The lowest BCUT2D eigenvalue weighted by Gasteiger charge is -2.29. The van der Waals surface area contributed by atoms with Crippen LogP contribution < -0.4 is 9.47 Å². The number of hydrogen-bond acceptors (Lipinski definition) is 4. The first-order chi connectivity index (χ1) is 14.2. The van der Waals surface area contributed by atoms with Gasteiger partial charge in [0.2, 0.25) is 6.79 Å². The second-order valence-corrected chi connectivity index (χ2v) is 9.15. The number of nitrogens with zero attached hydrogens (tertiary/aromatic N) is 1. The predicted octanol–water partition coefficient (Wildman–Crippen LogP) is 5.00. The van der Waals surface area contributed by atoms with E-state index in [1.807, 2.05) is 18.2 Å². The largest absolute Gasteiger partial charge is 0.454 e. The van der Waals surface area contributed by atoms with E-state index in [0.717, 1.165) is 23.5 Å². The molecule has 5 nitrogen and oxygen atoms in total. The Morgan fingerprint density at radius 3 is 3.00 bits per heavy atom. The number of hydrogen-bond donors (Lipinski definition) is 1. The Morgan fingerprint density at radius 1 is 1.28 bits per heavy atom. The average Bonchev–Trinajstić information content (AvgIpc) is 3.19. The van der Waals surface area contributed by atoms with Crippen molar-refractivity contribution >= 4 is 22.6 Å². The molecule has 1 N–H and O–H groups in total. The van der Waals surface area contributed by atoms with Crippen molar-refractivity contribution in [2.75, 3.05) is 19.9 Å². The third kappa shape index (κ3) is 7.16. The number of unbranched alkanes of at least 4 members (excludes halogenated alkanes) is 2. The highest BCUT2D eigenvalue weighted by Gasteiger charge is 2.25. The maximum absolute atomic E-state index is 10.2. The first-order valence-corrected chi connectivity index (χ1v) is 11.8. The van der Waals surface area contributed by atoms with Gasteiger partial charge >= 0.3 is 0 Å². The molecule has 0 fully saturated rings. The molecule has 1 aromatic carbocycles. The van der Waals surface area contributed by atoms with Crippen LogP contribution in [-0.2, 0) is 11.2 Å². The fraction of sp³-hybridized carbons (Fsp3) is 0.609. The summed E-state index contributed by atoms with van der Waals surface area (Å²) >= 11 is 2.53. The van der Waals surface area contributed by atoms with Gasteiger partial charge in [-0.05, 0) is 36.5 Å². The molecular weight excluding hydrogens is 481 g/mol. The van der Waals surface area contributed by atoms with Crippen LogP contribution in [0.1, 0.15) is 44.6 Å². The lowest BCUT2D eigenvalue weighted by molar-refractivity contribution is 0.00499. The minimum absolute atomic E-state index is 0.101. The fourth-order valence-electron chi connectivity index (χ4n) is 3.61. The van der Waals surface area contributed by atoms with Gasteiger partial charge in [-0.3, -0.25) is 0 Å². The normalized spacial score (nSPS) is 23.5. The zero-order valence-electron chi connectivity index (χ0n) is 17.1. The number of aliphatic hydroxyl groups is 1. The van der Waals surface area contributed by atoms with E-state index in [9.17, 15) is 5.11 Å². The lowest BCUT2D eigenvalue weighted by atomic mass is 9.88. The van der Waals surface area contributed by atoms with Gasteiger partial charge in [0, 0.05) is 3.92 Å². The predicted molar refractivity (Wildman–Crippen MR) is 123 cm³/mol. The molecule has 4 unspecified atom stereocenters. The summed E-state index contributed by atoms with van der Waals surface area (Å²) in [4.78, 5) is 4.23. The molecule has 158 valence electrons. The van der Waals surface area contributed by atoms with Crippen molar-refractivity contribution in [2.24, 2.45) is 5.92 Å². The van der Waals surface area contributed by atoms with Crippen LogP contribution in [0.3, 0.4) is 0 Å². The Hall–Kier alpha value is -1.30. The van der Waals surface area contributed by atoms with Crippen LogP contribution in [0.4, 0.5) is 0 Å². The Labute approximate surface area is 187 Å². The molecule has 1 aliphatic heterocycles. The molecule has 0 spiro atoms. The van der Waals surface area contributed by atoms with E-state index in [-0.39, 0.29) is 12.9 Å². The van der Waals surface area contributed by atoms with E-state index in [1.165, 1.54) is 25.7 Å². The number of fused-ring (bicyclic) bond motifs is 1. The summed E-state index contributed by atoms with van der Waals surface area (Å²) in [5.74, 6) is 2.21. The first kappa shape index (κ1) is 22.4. The lowest BCUT2D eigenvalue weighted by Crippen LogP contribution is -2.29. The zero-order valence-corrected chi connectivity index (χ0v) is 19.2. The molecule has 6 heteroatoms. The molecule has 2 aliphatic rings. The molecule has 0 amide bonds. The number of allylic oxidation sites excluding steroid dienone is 1. The van der Waals surface area contributed by atoms with E-state index in [2.05, 4.69) is 52.6 Å². The van der Waals surface area contributed by atoms with E-state index in [4.69, 9.17) is 14.2 Å². The summed E-state index contributed by atoms with van der Waals surface area (Å²) in [6.45, 7) is 3.12. The van der Waals surface area contributed by atoms with Gasteiger partial charge in [-0.1, -0.05) is 71.8 Å². The molecule has 0 saturated heterocycles. The molecule has 1 aromatic rings. The summed E-state index contributed by atoms with van der Waals surface area (Å²) in [6, 6.07) is 8.82. The highest BCUT2D eigenvalue weighted by Crippen LogP contribution is 2.33. The molecule has 3 rings (SSSR count). The molecule has 4 atom stereocenters. The van der Waals surface area contributed by atoms with Crippen LogP contribution in [-0.4, -0.2) is 41.2 Å². The van der Waals surface area contributed by atoms with Crippen molar-refractivity contribution in [3.05, 3.63) is 40.8 Å². The monoisotopic (exact) mass is 512 g/mol. The van der Waals surface area contributed by atoms with Crippen LogP contribution in [0, 0.1) is 12.0 Å². The molecule has 0 bridgehead atoms. The van der Waals surface area contributed by atoms with Crippen LogP contribution in [0.25, 0.3) is 4.85 Å². The highest BCUT2D eigenvalue weighted by molar-refractivity contribution is 14.1. The Morgan fingerprint density at radius 2 is 2.14 bits per heavy atom. The van der Waals surface area contributed by atoms with Crippen molar-refractivity contribution in [1.29, 1.82) is 0 Å².